The Balaban J connectivity index is 0. The number of rotatable bonds is 18. The third-order valence-corrected chi connectivity index (χ3v) is 4.53. The van der Waals surface area contributed by atoms with Gasteiger partial charge in [0.15, 0.2) is 6.29 Å². The minimum Gasteiger partial charge on any atom is -0.367 e. The second kappa shape index (κ2) is 22.0. The summed E-state index contributed by atoms with van der Waals surface area (Å²) in [6, 6.07) is 0. The van der Waals surface area contributed by atoms with E-state index in [9.17, 15) is 0 Å². The molecule has 0 aromatic carbocycles. The Morgan fingerprint density at radius 1 is 0.720 bits per heavy atom. The van der Waals surface area contributed by atoms with Gasteiger partial charge in [-0.3, -0.25) is 0 Å². The van der Waals surface area contributed by atoms with E-state index < -0.39 is 6.29 Å². The molecule has 0 fully saturated rings. The number of unbranched alkanes of at least 4 members (excludes halogenated alkanes) is 12. The largest absolute Gasteiger partial charge is 0.367 e. The summed E-state index contributed by atoms with van der Waals surface area (Å²) in [7, 11) is 1.94. The third-order valence-electron chi connectivity index (χ3n) is 4.53. The average molecular weight is 378 g/mol. The summed E-state index contributed by atoms with van der Waals surface area (Å²) in [4.78, 5) is 1.99. The zero-order valence-electron chi connectivity index (χ0n) is 16.8. The van der Waals surface area contributed by atoms with Gasteiger partial charge in [0.2, 0.25) is 0 Å². The maximum absolute atomic E-state index is 8.87. The van der Waals surface area contributed by atoms with Gasteiger partial charge in [-0.25, -0.2) is 0 Å². The van der Waals surface area contributed by atoms with Gasteiger partial charge in [0.05, 0.1) is 0 Å². The molecule has 2 N–H and O–H groups in total. The van der Waals surface area contributed by atoms with Crippen molar-refractivity contribution in [2.24, 2.45) is 0 Å². The highest BCUT2D eigenvalue weighted by Gasteiger charge is 2.02. The van der Waals surface area contributed by atoms with Gasteiger partial charge in [-0.05, 0) is 45.7 Å². The molecule has 0 unspecified atom stereocenters. The second-order valence-corrected chi connectivity index (χ2v) is 7.18. The Morgan fingerprint density at radius 2 is 1.16 bits per heavy atom. The summed E-state index contributed by atoms with van der Waals surface area (Å²) in [5.41, 5.74) is 0. The molecule has 0 saturated heterocycles. The molecular formula is C21H44ClNO2. The van der Waals surface area contributed by atoms with Crippen LogP contribution in [0, 0.1) is 0 Å². The lowest BCUT2D eigenvalue weighted by Gasteiger charge is -2.17. The van der Waals surface area contributed by atoms with Crippen LogP contribution in [0.3, 0.4) is 0 Å². The molecular weight excluding hydrogens is 334 g/mol. The SMILES string of the molecule is CCCCCCCCC=CCCCCCCCCN(C)CC(O)O.Cl. The molecule has 3 nitrogen and oxygen atoms in total. The van der Waals surface area contributed by atoms with Gasteiger partial charge in [0.25, 0.3) is 0 Å². The van der Waals surface area contributed by atoms with Gasteiger partial charge in [-0.1, -0.05) is 76.9 Å². The van der Waals surface area contributed by atoms with E-state index in [1.807, 2.05) is 11.9 Å². The third kappa shape index (κ3) is 23.9. The molecule has 0 aliphatic rings. The molecule has 152 valence electrons. The normalized spacial score (nSPS) is 11.6. The lowest BCUT2D eigenvalue weighted by Crippen LogP contribution is -2.29. The summed E-state index contributed by atoms with van der Waals surface area (Å²) in [6.45, 7) is 3.58. The van der Waals surface area contributed by atoms with E-state index in [0.717, 1.165) is 13.0 Å². The molecule has 0 spiro atoms. The van der Waals surface area contributed by atoms with Crippen LogP contribution in [0.1, 0.15) is 96.8 Å². The topological polar surface area (TPSA) is 43.7 Å². The minimum atomic E-state index is -1.20. The quantitative estimate of drug-likeness (QED) is 0.183. The van der Waals surface area contributed by atoms with Gasteiger partial charge < -0.3 is 15.1 Å². The molecule has 0 aliphatic heterocycles. The summed E-state index contributed by atoms with van der Waals surface area (Å²) < 4.78 is 0. The summed E-state index contributed by atoms with van der Waals surface area (Å²) >= 11 is 0. The number of likely N-dealkylation sites (N-methyl/N-ethyl adjacent to an activating group) is 1. The van der Waals surface area contributed by atoms with E-state index in [2.05, 4.69) is 19.1 Å². The van der Waals surface area contributed by atoms with E-state index in [4.69, 9.17) is 10.2 Å². The summed E-state index contributed by atoms with van der Waals surface area (Å²) in [5, 5.41) is 17.7. The molecule has 0 aromatic heterocycles. The van der Waals surface area contributed by atoms with Gasteiger partial charge in [0, 0.05) is 6.54 Å². The maximum Gasteiger partial charge on any atom is 0.164 e. The van der Waals surface area contributed by atoms with Crippen molar-refractivity contribution < 1.29 is 10.2 Å². The molecule has 0 bridgehead atoms. The minimum absolute atomic E-state index is 0. The van der Waals surface area contributed by atoms with Crippen LogP contribution in [0.2, 0.25) is 0 Å². The number of aliphatic hydroxyl groups excluding tert-OH is 1. The number of hydrogen-bond acceptors (Lipinski definition) is 3. The van der Waals surface area contributed by atoms with Crippen LogP contribution in [-0.2, 0) is 0 Å². The molecule has 0 aromatic rings. The van der Waals surface area contributed by atoms with Gasteiger partial charge in [-0.15, -0.1) is 12.4 Å². The van der Waals surface area contributed by atoms with Crippen LogP contribution in [-0.4, -0.2) is 41.5 Å². The van der Waals surface area contributed by atoms with Crippen molar-refractivity contribution in [3.8, 4) is 0 Å². The Bertz CT molecular complexity index is 273. The van der Waals surface area contributed by atoms with Crippen molar-refractivity contribution in [3.05, 3.63) is 12.2 Å². The van der Waals surface area contributed by atoms with Crippen LogP contribution >= 0.6 is 12.4 Å². The maximum atomic E-state index is 8.87. The molecule has 0 heterocycles. The molecule has 25 heavy (non-hydrogen) atoms. The number of allylic oxidation sites excluding steroid dienone is 2. The Labute approximate surface area is 163 Å². The van der Waals surface area contributed by atoms with Gasteiger partial charge in [0.1, 0.15) is 0 Å². The standard InChI is InChI=1S/C21H43NO2.ClH/c1-3-4-5-6-7-8-9-10-11-12-13-14-15-16-17-18-19-22(2)20-21(23)24;/h10-11,21,23-24H,3-9,12-20H2,1-2H3;1H. The second-order valence-electron chi connectivity index (χ2n) is 7.18. The smallest absolute Gasteiger partial charge is 0.164 e. The predicted molar refractivity (Wildman–Crippen MR) is 112 cm³/mol. The van der Waals surface area contributed by atoms with Crippen LogP contribution < -0.4 is 0 Å². The van der Waals surface area contributed by atoms with E-state index >= 15 is 0 Å². The average Bonchev–Trinajstić information content (AvgIpc) is 2.53. The fraction of sp³-hybridized carbons (Fsp3) is 0.905. The number of nitrogens with zero attached hydrogens (tertiary/aromatic N) is 1. The first-order valence-electron chi connectivity index (χ1n) is 10.4. The molecule has 0 radical (unpaired) electrons. The molecule has 4 heteroatoms. The summed E-state index contributed by atoms with van der Waals surface area (Å²) in [5.74, 6) is 0. The van der Waals surface area contributed by atoms with Crippen LogP contribution in [0.5, 0.6) is 0 Å². The molecule has 0 saturated carbocycles. The van der Waals surface area contributed by atoms with Crippen molar-refractivity contribution >= 4 is 12.4 Å². The molecule has 0 atom stereocenters. The van der Waals surface area contributed by atoms with Crippen LogP contribution in [0.15, 0.2) is 12.2 Å². The Morgan fingerprint density at radius 3 is 1.64 bits per heavy atom. The summed E-state index contributed by atoms with van der Waals surface area (Å²) in [6.07, 6.45) is 22.1. The molecule has 0 amide bonds. The monoisotopic (exact) mass is 377 g/mol. The highest BCUT2D eigenvalue weighted by Crippen LogP contribution is 2.10. The first-order valence-corrected chi connectivity index (χ1v) is 10.4. The molecule has 0 rings (SSSR count). The van der Waals surface area contributed by atoms with E-state index in [1.165, 1.54) is 83.5 Å². The lowest BCUT2D eigenvalue weighted by molar-refractivity contribution is -0.0573. The number of aliphatic hydroxyl groups is 2. The van der Waals surface area contributed by atoms with Gasteiger partial charge in [-0.2, -0.15) is 0 Å². The van der Waals surface area contributed by atoms with Crippen molar-refractivity contribution in [2.45, 2.75) is 103 Å². The van der Waals surface area contributed by atoms with E-state index in [0.29, 0.717) is 6.54 Å². The highest BCUT2D eigenvalue weighted by molar-refractivity contribution is 5.85. The first-order chi connectivity index (χ1) is 11.7. The number of hydrogen-bond donors (Lipinski definition) is 2. The Kier molecular flexibility index (Phi) is 23.8. The fourth-order valence-electron chi connectivity index (χ4n) is 3.00. The molecule has 0 aliphatic carbocycles. The number of halogens is 1. The first kappa shape index (κ1) is 27.1. The van der Waals surface area contributed by atoms with Crippen LogP contribution in [0.4, 0.5) is 0 Å². The zero-order valence-corrected chi connectivity index (χ0v) is 17.6. The zero-order chi connectivity index (χ0) is 17.9. The van der Waals surface area contributed by atoms with Crippen molar-refractivity contribution in [3.63, 3.8) is 0 Å². The van der Waals surface area contributed by atoms with E-state index in [1.54, 1.807) is 0 Å². The highest BCUT2D eigenvalue weighted by atomic mass is 35.5. The van der Waals surface area contributed by atoms with E-state index in [-0.39, 0.29) is 12.4 Å². The van der Waals surface area contributed by atoms with Crippen molar-refractivity contribution in [1.82, 2.24) is 4.90 Å². The lowest BCUT2D eigenvalue weighted by atomic mass is 10.1. The van der Waals surface area contributed by atoms with Gasteiger partial charge >= 0.3 is 0 Å². The van der Waals surface area contributed by atoms with Crippen molar-refractivity contribution in [2.75, 3.05) is 20.1 Å². The van der Waals surface area contributed by atoms with Crippen molar-refractivity contribution in [1.29, 1.82) is 0 Å². The van der Waals surface area contributed by atoms with Crippen LogP contribution in [0.25, 0.3) is 0 Å². The fourth-order valence-corrected chi connectivity index (χ4v) is 3.00. The Hall–Kier alpha value is -0.0900. The predicted octanol–water partition coefficient (Wildman–Crippen LogP) is 5.69.